The number of aromatic nitrogens is 2. The average molecular weight is 457 g/mol. The van der Waals surface area contributed by atoms with Gasteiger partial charge in [-0.1, -0.05) is 35.9 Å². The standard InChI is InChI=1S/C23H25ClN4O4/c24-18-7-5-17(6-8-18)15-27-19-3-1-2-4-20(19)28(23(31)22(27)30)16-21(29)25-9-10-26-11-13-32-14-12-26/h1-8H,9-16H2,(H,25,29). The quantitative estimate of drug-likeness (QED) is 0.542. The number of rotatable bonds is 7. The molecular weight excluding hydrogens is 432 g/mol. The number of para-hydroxylation sites is 2. The molecule has 2 aromatic carbocycles. The van der Waals surface area contributed by atoms with Crippen LogP contribution in [0.2, 0.25) is 5.02 Å². The van der Waals surface area contributed by atoms with Crippen molar-refractivity contribution in [2.75, 3.05) is 39.4 Å². The third kappa shape index (κ3) is 5.09. The molecule has 0 atom stereocenters. The number of hydrogen-bond acceptors (Lipinski definition) is 5. The van der Waals surface area contributed by atoms with Gasteiger partial charge in [0, 0.05) is 31.2 Å². The van der Waals surface area contributed by atoms with Gasteiger partial charge in [0.15, 0.2) is 0 Å². The highest BCUT2D eigenvalue weighted by molar-refractivity contribution is 6.30. The Labute approximate surface area is 190 Å². The lowest BCUT2D eigenvalue weighted by Crippen LogP contribution is -2.45. The van der Waals surface area contributed by atoms with Gasteiger partial charge in [-0.05, 0) is 29.8 Å². The first-order valence-electron chi connectivity index (χ1n) is 10.6. The van der Waals surface area contributed by atoms with Gasteiger partial charge in [-0.25, -0.2) is 0 Å². The Hall–Kier alpha value is -2.94. The Morgan fingerprint density at radius 3 is 2.25 bits per heavy atom. The molecule has 8 nitrogen and oxygen atoms in total. The van der Waals surface area contributed by atoms with Crippen LogP contribution in [-0.2, 0) is 22.6 Å². The van der Waals surface area contributed by atoms with Crippen molar-refractivity contribution in [3.63, 3.8) is 0 Å². The van der Waals surface area contributed by atoms with Crippen molar-refractivity contribution in [3.8, 4) is 0 Å². The molecule has 1 amide bonds. The maximum Gasteiger partial charge on any atom is 0.317 e. The summed E-state index contributed by atoms with van der Waals surface area (Å²) < 4.78 is 8.01. The molecule has 9 heteroatoms. The number of nitrogens with one attached hydrogen (secondary N) is 1. The minimum absolute atomic E-state index is 0.209. The predicted octanol–water partition coefficient (Wildman–Crippen LogP) is 1.31. The number of carbonyl (C=O) groups is 1. The van der Waals surface area contributed by atoms with E-state index in [1.54, 1.807) is 36.4 Å². The Kier molecular flexibility index (Phi) is 7.04. The molecule has 32 heavy (non-hydrogen) atoms. The van der Waals surface area contributed by atoms with Crippen LogP contribution in [0.1, 0.15) is 5.56 Å². The summed E-state index contributed by atoms with van der Waals surface area (Å²) in [4.78, 5) is 40.6. The summed E-state index contributed by atoms with van der Waals surface area (Å²) in [6.45, 7) is 4.28. The SMILES string of the molecule is O=C(Cn1c(=O)c(=O)n(Cc2ccc(Cl)cc2)c2ccccc21)NCCN1CCOCC1. The molecule has 4 rings (SSSR count). The van der Waals surface area contributed by atoms with E-state index >= 15 is 0 Å². The molecule has 1 aliphatic rings. The molecule has 1 aliphatic heterocycles. The van der Waals surface area contributed by atoms with E-state index < -0.39 is 11.1 Å². The largest absolute Gasteiger partial charge is 0.379 e. The van der Waals surface area contributed by atoms with Crippen LogP contribution in [0.5, 0.6) is 0 Å². The fourth-order valence-electron chi connectivity index (χ4n) is 3.83. The smallest absolute Gasteiger partial charge is 0.317 e. The Balaban J connectivity index is 1.55. The predicted molar refractivity (Wildman–Crippen MR) is 123 cm³/mol. The highest BCUT2D eigenvalue weighted by Gasteiger charge is 2.16. The van der Waals surface area contributed by atoms with Gasteiger partial charge >= 0.3 is 11.1 Å². The molecule has 1 fully saturated rings. The maximum absolute atomic E-state index is 12.9. The van der Waals surface area contributed by atoms with E-state index in [0.29, 0.717) is 42.4 Å². The zero-order chi connectivity index (χ0) is 22.5. The van der Waals surface area contributed by atoms with Crippen molar-refractivity contribution in [3.05, 3.63) is 79.8 Å². The second-order valence-electron chi connectivity index (χ2n) is 7.70. The van der Waals surface area contributed by atoms with Crippen LogP contribution in [-0.4, -0.2) is 59.3 Å². The summed E-state index contributed by atoms with van der Waals surface area (Å²) in [6.07, 6.45) is 0. The molecule has 3 aromatic rings. The monoisotopic (exact) mass is 456 g/mol. The van der Waals surface area contributed by atoms with Crippen molar-refractivity contribution >= 4 is 28.5 Å². The molecule has 0 aliphatic carbocycles. The summed E-state index contributed by atoms with van der Waals surface area (Å²) in [5, 5.41) is 3.45. The van der Waals surface area contributed by atoms with Gasteiger partial charge in [-0.2, -0.15) is 0 Å². The zero-order valence-corrected chi connectivity index (χ0v) is 18.4. The number of nitrogens with zero attached hydrogens (tertiary/aromatic N) is 3. The molecule has 0 saturated carbocycles. The maximum atomic E-state index is 12.9. The van der Waals surface area contributed by atoms with Gasteiger partial charge in [0.25, 0.3) is 0 Å². The normalized spacial score (nSPS) is 14.5. The topological polar surface area (TPSA) is 85.6 Å². The van der Waals surface area contributed by atoms with E-state index in [1.165, 1.54) is 9.13 Å². The first kappa shape index (κ1) is 22.3. The van der Waals surface area contributed by atoms with Gasteiger partial charge in [0.2, 0.25) is 5.91 Å². The number of benzene rings is 2. The van der Waals surface area contributed by atoms with E-state index in [2.05, 4.69) is 10.2 Å². The van der Waals surface area contributed by atoms with Gasteiger partial charge in [-0.3, -0.25) is 28.4 Å². The lowest BCUT2D eigenvalue weighted by atomic mass is 10.2. The fraction of sp³-hybridized carbons (Fsp3) is 0.348. The Morgan fingerprint density at radius 2 is 1.56 bits per heavy atom. The number of fused-ring (bicyclic) bond motifs is 1. The second kappa shape index (κ2) is 10.1. The number of hydrogen-bond donors (Lipinski definition) is 1. The summed E-state index contributed by atoms with van der Waals surface area (Å²) in [5.74, 6) is -0.305. The fourth-order valence-corrected chi connectivity index (χ4v) is 3.96. The van der Waals surface area contributed by atoms with E-state index in [0.717, 1.165) is 18.7 Å². The number of amides is 1. The highest BCUT2D eigenvalue weighted by Crippen LogP contribution is 2.14. The third-order valence-electron chi connectivity index (χ3n) is 5.55. The van der Waals surface area contributed by atoms with Gasteiger partial charge in [0.1, 0.15) is 6.54 Å². The molecule has 168 valence electrons. The van der Waals surface area contributed by atoms with Crippen LogP contribution in [0, 0.1) is 0 Å². The zero-order valence-electron chi connectivity index (χ0n) is 17.6. The van der Waals surface area contributed by atoms with Gasteiger partial charge < -0.3 is 10.1 Å². The summed E-state index contributed by atoms with van der Waals surface area (Å²) in [7, 11) is 0. The van der Waals surface area contributed by atoms with Crippen LogP contribution in [0.4, 0.5) is 0 Å². The van der Waals surface area contributed by atoms with Crippen molar-refractivity contribution in [1.82, 2.24) is 19.4 Å². The Morgan fingerprint density at radius 1 is 0.938 bits per heavy atom. The lowest BCUT2D eigenvalue weighted by molar-refractivity contribution is -0.121. The molecule has 0 radical (unpaired) electrons. The number of morpholine rings is 1. The second-order valence-corrected chi connectivity index (χ2v) is 8.14. The first-order valence-corrected chi connectivity index (χ1v) is 10.9. The molecule has 1 saturated heterocycles. The summed E-state index contributed by atoms with van der Waals surface area (Å²) in [5.41, 5.74) is 0.586. The minimum atomic E-state index is -0.721. The third-order valence-corrected chi connectivity index (χ3v) is 5.80. The van der Waals surface area contributed by atoms with E-state index in [-0.39, 0.29) is 19.0 Å². The van der Waals surface area contributed by atoms with Crippen molar-refractivity contribution in [2.24, 2.45) is 0 Å². The van der Waals surface area contributed by atoms with Crippen LogP contribution in [0.15, 0.2) is 58.1 Å². The molecular formula is C23H25ClN4O4. The molecule has 0 bridgehead atoms. The molecule has 0 unspecified atom stereocenters. The summed E-state index contributed by atoms with van der Waals surface area (Å²) >= 11 is 5.95. The van der Waals surface area contributed by atoms with Crippen LogP contribution in [0.25, 0.3) is 11.0 Å². The van der Waals surface area contributed by atoms with Crippen molar-refractivity contribution < 1.29 is 9.53 Å². The van der Waals surface area contributed by atoms with Crippen LogP contribution < -0.4 is 16.4 Å². The molecule has 0 spiro atoms. The van der Waals surface area contributed by atoms with E-state index in [1.807, 2.05) is 12.1 Å². The molecule has 2 heterocycles. The lowest BCUT2D eigenvalue weighted by Gasteiger charge is -2.26. The van der Waals surface area contributed by atoms with Gasteiger partial charge in [-0.15, -0.1) is 0 Å². The van der Waals surface area contributed by atoms with Crippen LogP contribution in [0.3, 0.4) is 0 Å². The Bertz CT molecular complexity index is 1210. The number of ether oxygens (including phenoxy) is 1. The number of halogens is 1. The molecule has 1 N–H and O–H groups in total. The highest BCUT2D eigenvalue weighted by atomic mass is 35.5. The van der Waals surface area contributed by atoms with Gasteiger partial charge in [0.05, 0.1) is 30.8 Å². The first-order chi connectivity index (χ1) is 15.5. The number of carbonyl (C=O) groups excluding carboxylic acids is 1. The minimum Gasteiger partial charge on any atom is -0.379 e. The van der Waals surface area contributed by atoms with Crippen molar-refractivity contribution in [2.45, 2.75) is 13.1 Å². The van der Waals surface area contributed by atoms with Crippen LogP contribution >= 0.6 is 11.6 Å². The summed E-state index contributed by atoms with van der Waals surface area (Å²) in [6, 6.07) is 14.2. The van der Waals surface area contributed by atoms with Crippen molar-refractivity contribution in [1.29, 1.82) is 0 Å². The van der Waals surface area contributed by atoms with E-state index in [9.17, 15) is 14.4 Å². The van der Waals surface area contributed by atoms with E-state index in [4.69, 9.17) is 16.3 Å². The average Bonchev–Trinajstić information content (AvgIpc) is 2.81. The molecule has 1 aromatic heterocycles.